The molecule has 1 saturated heterocycles. The summed E-state index contributed by atoms with van der Waals surface area (Å²) in [6, 6.07) is 8.49. The second-order valence-corrected chi connectivity index (χ2v) is 7.04. The molecule has 5 heteroatoms. The normalized spacial score (nSPS) is 23.6. The van der Waals surface area contributed by atoms with E-state index in [1.165, 1.54) is 11.1 Å². The Balaban J connectivity index is 1.54. The molecule has 2 atom stereocenters. The number of hydrogen-bond donors (Lipinski definition) is 1. The Morgan fingerprint density at radius 3 is 2.92 bits per heavy atom. The summed E-state index contributed by atoms with van der Waals surface area (Å²) < 4.78 is 5.13. The molecule has 1 aliphatic heterocycles. The van der Waals surface area contributed by atoms with Crippen LogP contribution in [0.15, 0.2) is 24.3 Å². The van der Waals surface area contributed by atoms with E-state index >= 15 is 0 Å². The van der Waals surface area contributed by atoms with Gasteiger partial charge in [-0.2, -0.15) is 0 Å². The summed E-state index contributed by atoms with van der Waals surface area (Å²) in [7, 11) is 0. The topological polar surface area (TPSA) is 58.6 Å². The van der Waals surface area contributed by atoms with Crippen molar-refractivity contribution in [2.45, 2.75) is 45.1 Å². The molecular weight excluding hydrogens is 316 g/mol. The van der Waals surface area contributed by atoms with Crippen LogP contribution in [-0.4, -0.2) is 43.0 Å². The predicted molar refractivity (Wildman–Crippen MR) is 96.1 cm³/mol. The van der Waals surface area contributed by atoms with E-state index in [9.17, 15) is 9.59 Å². The summed E-state index contributed by atoms with van der Waals surface area (Å²) in [6.45, 7) is 4.08. The Bertz CT molecular complexity index is 617. The fraction of sp³-hybridized carbons (Fsp3) is 0.600. The van der Waals surface area contributed by atoms with Crippen LogP contribution in [0, 0.1) is 5.92 Å². The molecule has 0 spiro atoms. The van der Waals surface area contributed by atoms with E-state index in [1.807, 2.05) is 13.0 Å². The maximum absolute atomic E-state index is 12.5. The molecular formula is C20H28N2O3. The number of nitrogens with one attached hydrogen (secondary N) is 1. The van der Waals surface area contributed by atoms with Crippen LogP contribution in [0.3, 0.4) is 0 Å². The minimum atomic E-state index is -0.131. The highest BCUT2D eigenvalue weighted by Gasteiger charge is 2.28. The lowest BCUT2D eigenvalue weighted by Gasteiger charge is -2.32. The van der Waals surface area contributed by atoms with Crippen molar-refractivity contribution in [3.05, 3.63) is 35.4 Å². The maximum Gasteiger partial charge on any atom is 0.310 e. The number of nitrogens with zero attached hydrogens (tertiary/aromatic N) is 1. The smallest absolute Gasteiger partial charge is 0.310 e. The summed E-state index contributed by atoms with van der Waals surface area (Å²) in [6.07, 6.45) is 4.98. The molecule has 0 bridgehead atoms. The fourth-order valence-electron chi connectivity index (χ4n) is 4.00. The Hall–Kier alpha value is -1.88. The highest BCUT2D eigenvalue weighted by molar-refractivity contribution is 5.79. The first-order valence-corrected chi connectivity index (χ1v) is 9.43. The van der Waals surface area contributed by atoms with Gasteiger partial charge in [0.15, 0.2) is 0 Å². The van der Waals surface area contributed by atoms with Crippen LogP contribution in [0.4, 0.5) is 0 Å². The highest BCUT2D eigenvalue weighted by atomic mass is 16.5. The summed E-state index contributed by atoms with van der Waals surface area (Å²) in [5.74, 6) is -0.183. The van der Waals surface area contributed by atoms with Crippen molar-refractivity contribution in [1.29, 1.82) is 0 Å². The predicted octanol–water partition coefficient (Wildman–Crippen LogP) is 2.46. The minimum absolute atomic E-state index is 0.0474. The lowest BCUT2D eigenvalue weighted by molar-refractivity contribution is -0.150. The van der Waals surface area contributed by atoms with Gasteiger partial charge in [0, 0.05) is 6.54 Å². The first-order chi connectivity index (χ1) is 12.2. The Labute approximate surface area is 149 Å². The molecule has 1 heterocycles. The average Bonchev–Trinajstić information content (AvgIpc) is 2.62. The SMILES string of the molecule is CCOC(=O)[C@H]1CCCN(CC(=O)N[C@H]2CCCc3ccccc32)C1. The van der Waals surface area contributed by atoms with Gasteiger partial charge >= 0.3 is 5.97 Å². The van der Waals surface area contributed by atoms with Gasteiger partial charge in [0.25, 0.3) is 0 Å². The Morgan fingerprint density at radius 1 is 1.24 bits per heavy atom. The molecule has 5 nitrogen and oxygen atoms in total. The number of piperidine rings is 1. The second-order valence-electron chi connectivity index (χ2n) is 7.04. The van der Waals surface area contributed by atoms with Gasteiger partial charge in [-0.1, -0.05) is 24.3 Å². The molecule has 1 amide bonds. The summed E-state index contributed by atoms with van der Waals surface area (Å²) >= 11 is 0. The third-order valence-electron chi connectivity index (χ3n) is 5.20. The van der Waals surface area contributed by atoms with Gasteiger partial charge in [-0.05, 0) is 56.7 Å². The number of benzene rings is 1. The summed E-state index contributed by atoms with van der Waals surface area (Å²) in [4.78, 5) is 26.5. The van der Waals surface area contributed by atoms with Crippen LogP contribution in [0.1, 0.15) is 49.8 Å². The molecule has 3 rings (SSSR count). The van der Waals surface area contributed by atoms with Gasteiger partial charge in [0.1, 0.15) is 0 Å². The third-order valence-corrected chi connectivity index (χ3v) is 5.20. The third kappa shape index (κ3) is 4.60. The van der Waals surface area contributed by atoms with Crippen molar-refractivity contribution in [3.8, 4) is 0 Å². The number of carbonyl (C=O) groups is 2. The van der Waals surface area contributed by atoms with Crippen LogP contribution in [-0.2, 0) is 20.7 Å². The van der Waals surface area contributed by atoms with Crippen LogP contribution >= 0.6 is 0 Å². The van der Waals surface area contributed by atoms with E-state index in [-0.39, 0.29) is 23.8 Å². The van der Waals surface area contributed by atoms with E-state index in [0.717, 1.165) is 38.6 Å². The average molecular weight is 344 g/mol. The monoisotopic (exact) mass is 344 g/mol. The minimum Gasteiger partial charge on any atom is -0.466 e. The van der Waals surface area contributed by atoms with Gasteiger partial charge < -0.3 is 10.1 Å². The fourth-order valence-corrected chi connectivity index (χ4v) is 4.00. The number of carbonyl (C=O) groups excluding carboxylic acids is 2. The zero-order valence-corrected chi connectivity index (χ0v) is 15.0. The van der Waals surface area contributed by atoms with Gasteiger partial charge in [-0.25, -0.2) is 0 Å². The number of hydrogen-bond acceptors (Lipinski definition) is 4. The largest absolute Gasteiger partial charge is 0.466 e. The standard InChI is InChI=1S/C20H28N2O3/c1-2-25-20(24)16-9-6-12-22(13-16)14-19(23)21-18-11-5-8-15-7-3-4-10-17(15)18/h3-4,7,10,16,18H,2,5-6,8-9,11-14H2,1H3,(H,21,23)/t16-,18-/m0/s1. The number of fused-ring (bicyclic) bond motifs is 1. The van der Waals surface area contributed by atoms with Gasteiger partial charge in [0.05, 0.1) is 25.1 Å². The lowest BCUT2D eigenvalue weighted by Crippen LogP contribution is -2.45. The van der Waals surface area contributed by atoms with E-state index in [2.05, 4.69) is 28.4 Å². The molecule has 0 radical (unpaired) electrons. The molecule has 1 aromatic rings. The van der Waals surface area contributed by atoms with Gasteiger partial charge in [0.2, 0.25) is 5.91 Å². The molecule has 1 aliphatic carbocycles. The van der Waals surface area contributed by atoms with Crippen molar-refractivity contribution in [2.24, 2.45) is 5.92 Å². The number of likely N-dealkylation sites (tertiary alicyclic amines) is 1. The van der Waals surface area contributed by atoms with Crippen molar-refractivity contribution >= 4 is 11.9 Å². The van der Waals surface area contributed by atoms with E-state index in [4.69, 9.17) is 4.74 Å². The van der Waals surface area contributed by atoms with Crippen molar-refractivity contribution in [3.63, 3.8) is 0 Å². The van der Waals surface area contributed by atoms with Crippen LogP contribution in [0.2, 0.25) is 0 Å². The molecule has 0 unspecified atom stereocenters. The van der Waals surface area contributed by atoms with E-state index in [1.54, 1.807) is 0 Å². The van der Waals surface area contributed by atoms with Gasteiger partial charge in [-0.3, -0.25) is 14.5 Å². The highest BCUT2D eigenvalue weighted by Crippen LogP contribution is 2.29. The number of ether oxygens (including phenoxy) is 1. The molecule has 1 aromatic carbocycles. The van der Waals surface area contributed by atoms with Crippen molar-refractivity contribution in [1.82, 2.24) is 10.2 Å². The summed E-state index contributed by atoms with van der Waals surface area (Å²) in [5.41, 5.74) is 2.60. The number of amides is 1. The lowest BCUT2D eigenvalue weighted by atomic mass is 9.88. The van der Waals surface area contributed by atoms with Crippen LogP contribution < -0.4 is 5.32 Å². The number of aryl methyl sites for hydroxylation is 1. The second kappa shape index (κ2) is 8.48. The molecule has 0 saturated carbocycles. The molecule has 25 heavy (non-hydrogen) atoms. The van der Waals surface area contributed by atoms with Crippen molar-refractivity contribution < 1.29 is 14.3 Å². The quantitative estimate of drug-likeness (QED) is 0.834. The first-order valence-electron chi connectivity index (χ1n) is 9.43. The molecule has 136 valence electrons. The maximum atomic E-state index is 12.5. The Kier molecular flexibility index (Phi) is 6.08. The number of esters is 1. The van der Waals surface area contributed by atoms with Crippen molar-refractivity contribution in [2.75, 3.05) is 26.2 Å². The molecule has 2 aliphatic rings. The van der Waals surface area contributed by atoms with E-state index < -0.39 is 0 Å². The number of rotatable bonds is 5. The van der Waals surface area contributed by atoms with Gasteiger partial charge in [-0.15, -0.1) is 0 Å². The molecule has 1 fully saturated rings. The zero-order chi connectivity index (χ0) is 17.6. The molecule has 0 aromatic heterocycles. The van der Waals surface area contributed by atoms with Crippen LogP contribution in [0.25, 0.3) is 0 Å². The van der Waals surface area contributed by atoms with Crippen LogP contribution in [0.5, 0.6) is 0 Å². The van der Waals surface area contributed by atoms with E-state index in [0.29, 0.717) is 19.7 Å². The first kappa shape index (κ1) is 17.9. The molecule has 1 N–H and O–H groups in total. The zero-order valence-electron chi connectivity index (χ0n) is 15.0. The Morgan fingerprint density at radius 2 is 2.08 bits per heavy atom. The summed E-state index contributed by atoms with van der Waals surface area (Å²) in [5, 5.41) is 3.19.